The number of halogens is 1. The normalized spacial score (nSPS) is 11.3. The SMILES string of the molecule is Cc1c(Cl)cccc1NC(=O)COC(=O)C(Cc1ccccc1)NC(=O)c1ccccc1. The van der Waals surface area contributed by atoms with E-state index in [1.165, 1.54) is 0 Å². The van der Waals surface area contributed by atoms with E-state index in [4.69, 9.17) is 16.3 Å². The topological polar surface area (TPSA) is 84.5 Å². The monoisotopic (exact) mass is 450 g/mol. The van der Waals surface area contributed by atoms with Crippen molar-refractivity contribution in [2.24, 2.45) is 0 Å². The van der Waals surface area contributed by atoms with Crippen LogP contribution in [-0.2, 0) is 20.7 Å². The zero-order valence-corrected chi connectivity index (χ0v) is 18.3. The van der Waals surface area contributed by atoms with Gasteiger partial charge in [0.15, 0.2) is 6.61 Å². The van der Waals surface area contributed by atoms with Crippen LogP contribution in [0.15, 0.2) is 78.9 Å². The molecule has 1 unspecified atom stereocenters. The van der Waals surface area contributed by atoms with Crippen LogP contribution in [0.25, 0.3) is 0 Å². The Kier molecular flexibility index (Phi) is 8.00. The Bertz CT molecular complexity index is 1090. The molecule has 0 saturated carbocycles. The molecule has 0 radical (unpaired) electrons. The Morgan fingerprint density at radius 3 is 2.25 bits per heavy atom. The van der Waals surface area contributed by atoms with Gasteiger partial charge in [-0.3, -0.25) is 9.59 Å². The summed E-state index contributed by atoms with van der Waals surface area (Å²) in [5.74, 6) is -1.60. The maximum atomic E-state index is 12.8. The molecule has 3 aromatic rings. The Morgan fingerprint density at radius 2 is 1.56 bits per heavy atom. The third kappa shape index (κ3) is 6.43. The van der Waals surface area contributed by atoms with Crippen molar-refractivity contribution in [2.45, 2.75) is 19.4 Å². The maximum absolute atomic E-state index is 12.8. The molecule has 7 heteroatoms. The highest BCUT2D eigenvalue weighted by molar-refractivity contribution is 6.31. The lowest BCUT2D eigenvalue weighted by Gasteiger charge is -2.18. The number of anilines is 1. The largest absolute Gasteiger partial charge is 0.454 e. The Morgan fingerprint density at radius 1 is 0.906 bits per heavy atom. The van der Waals surface area contributed by atoms with Gasteiger partial charge in [0.25, 0.3) is 11.8 Å². The minimum Gasteiger partial charge on any atom is -0.454 e. The van der Waals surface area contributed by atoms with Gasteiger partial charge in [0.1, 0.15) is 6.04 Å². The third-order valence-electron chi connectivity index (χ3n) is 4.80. The summed E-state index contributed by atoms with van der Waals surface area (Å²) in [4.78, 5) is 37.6. The molecular weight excluding hydrogens is 428 g/mol. The van der Waals surface area contributed by atoms with Gasteiger partial charge in [-0.25, -0.2) is 4.79 Å². The molecule has 0 aliphatic rings. The number of ether oxygens (including phenoxy) is 1. The van der Waals surface area contributed by atoms with Gasteiger partial charge in [0.2, 0.25) is 0 Å². The first-order chi connectivity index (χ1) is 15.4. The van der Waals surface area contributed by atoms with Gasteiger partial charge < -0.3 is 15.4 Å². The van der Waals surface area contributed by atoms with Gasteiger partial charge in [0.05, 0.1) is 0 Å². The predicted octanol–water partition coefficient (Wildman–Crippen LogP) is 4.17. The Labute approximate surface area is 191 Å². The van der Waals surface area contributed by atoms with E-state index < -0.39 is 30.4 Å². The second kappa shape index (κ2) is 11.1. The first kappa shape index (κ1) is 23.0. The molecule has 1 atom stereocenters. The van der Waals surface area contributed by atoms with Crippen molar-refractivity contribution in [1.82, 2.24) is 5.32 Å². The van der Waals surface area contributed by atoms with E-state index in [9.17, 15) is 14.4 Å². The predicted molar refractivity (Wildman–Crippen MR) is 124 cm³/mol. The summed E-state index contributed by atoms with van der Waals surface area (Å²) in [6, 6.07) is 22.0. The molecule has 6 nitrogen and oxygen atoms in total. The molecule has 0 aromatic heterocycles. The van der Waals surface area contributed by atoms with Crippen molar-refractivity contribution < 1.29 is 19.1 Å². The standard InChI is InChI=1S/C25H23ClN2O4/c1-17-20(26)13-8-14-21(17)27-23(29)16-32-25(31)22(15-18-9-4-2-5-10-18)28-24(30)19-11-6-3-7-12-19/h2-14,22H,15-16H2,1H3,(H,27,29)(H,28,30). The van der Waals surface area contributed by atoms with Crippen LogP contribution in [0.1, 0.15) is 21.5 Å². The van der Waals surface area contributed by atoms with Crippen LogP contribution < -0.4 is 10.6 Å². The number of amides is 2. The first-order valence-electron chi connectivity index (χ1n) is 10.1. The van der Waals surface area contributed by atoms with Crippen molar-refractivity contribution in [3.63, 3.8) is 0 Å². The third-order valence-corrected chi connectivity index (χ3v) is 5.21. The highest BCUT2D eigenvalue weighted by Crippen LogP contribution is 2.22. The number of carbonyl (C=O) groups excluding carboxylic acids is 3. The van der Waals surface area contributed by atoms with E-state index >= 15 is 0 Å². The molecule has 0 aliphatic carbocycles. The molecule has 0 saturated heterocycles. The van der Waals surface area contributed by atoms with Crippen molar-refractivity contribution in [3.8, 4) is 0 Å². The molecule has 0 fully saturated rings. The molecule has 2 amide bonds. The minimum atomic E-state index is -0.953. The van der Waals surface area contributed by atoms with Crippen LogP contribution in [0.5, 0.6) is 0 Å². The highest BCUT2D eigenvalue weighted by atomic mass is 35.5. The summed E-state index contributed by atoms with van der Waals surface area (Å²) in [6.07, 6.45) is 0.229. The van der Waals surface area contributed by atoms with Gasteiger partial charge in [-0.05, 0) is 42.3 Å². The van der Waals surface area contributed by atoms with E-state index in [0.29, 0.717) is 21.8 Å². The molecule has 3 aromatic carbocycles. The molecule has 164 valence electrons. The fourth-order valence-electron chi connectivity index (χ4n) is 3.04. The summed E-state index contributed by atoms with van der Waals surface area (Å²) < 4.78 is 5.22. The number of hydrogen-bond acceptors (Lipinski definition) is 4. The maximum Gasteiger partial charge on any atom is 0.329 e. The number of rotatable bonds is 8. The van der Waals surface area contributed by atoms with Crippen molar-refractivity contribution >= 4 is 35.1 Å². The van der Waals surface area contributed by atoms with E-state index in [0.717, 1.165) is 5.56 Å². The summed E-state index contributed by atoms with van der Waals surface area (Å²) >= 11 is 6.07. The molecule has 0 heterocycles. The van der Waals surface area contributed by atoms with Crippen LogP contribution in [-0.4, -0.2) is 30.4 Å². The minimum absolute atomic E-state index is 0.229. The fourth-order valence-corrected chi connectivity index (χ4v) is 3.22. The van der Waals surface area contributed by atoms with E-state index in [-0.39, 0.29) is 6.42 Å². The molecule has 32 heavy (non-hydrogen) atoms. The quantitative estimate of drug-likeness (QED) is 0.504. The lowest BCUT2D eigenvalue weighted by Crippen LogP contribution is -2.44. The van der Waals surface area contributed by atoms with Crippen LogP contribution in [0.2, 0.25) is 5.02 Å². The zero-order chi connectivity index (χ0) is 22.9. The Hall–Kier alpha value is -3.64. The summed E-state index contributed by atoms with van der Waals surface area (Å²) in [5.41, 5.74) is 2.53. The van der Waals surface area contributed by atoms with Gasteiger partial charge in [-0.1, -0.05) is 66.2 Å². The Balaban J connectivity index is 1.65. The summed E-state index contributed by atoms with van der Waals surface area (Å²) in [5, 5.41) is 5.90. The van der Waals surface area contributed by atoms with Crippen LogP contribution >= 0.6 is 11.6 Å². The summed E-state index contributed by atoms with van der Waals surface area (Å²) in [7, 11) is 0. The lowest BCUT2D eigenvalue weighted by atomic mass is 10.1. The molecular formula is C25H23ClN2O4. The number of benzene rings is 3. The van der Waals surface area contributed by atoms with Crippen LogP contribution in [0.4, 0.5) is 5.69 Å². The van der Waals surface area contributed by atoms with E-state index in [1.807, 2.05) is 30.3 Å². The van der Waals surface area contributed by atoms with Crippen molar-refractivity contribution in [2.75, 3.05) is 11.9 Å². The second-order valence-electron chi connectivity index (χ2n) is 7.15. The van der Waals surface area contributed by atoms with Gasteiger partial charge >= 0.3 is 5.97 Å². The van der Waals surface area contributed by atoms with Gasteiger partial charge in [-0.15, -0.1) is 0 Å². The smallest absolute Gasteiger partial charge is 0.329 e. The zero-order valence-electron chi connectivity index (χ0n) is 17.5. The van der Waals surface area contributed by atoms with Crippen LogP contribution in [0, 0.1) is 6.92 Å². The van der Waals surface area contributed by atoms with Gasteiger partial charge in [0, 0.05) is 22.7 Å². The summed E-state index contributed by atoms with van der Waals surface area (Å²) in [6.45, 7) is 1.29. The molecule has 0 bridgehead atoms. The number of carbonyl (C=O) groups is 3. The van der Waals surface area contributed by atoms with Crippen LogP contribution in [0.3, 0.4) is 0 Å². The average molecular weight is 451 g/mol. The molecule has 0 aliphatic heterocycles. The molecule has 3 rings (SSSR count). The van der Waals surface area contributed by atoms with Crippen molar-refractivity contribution in [1.29, 1.82) is 0 Å². The van der Waals surface area contributed by atoms with E-state index in [2.05, 4.69) is 10.6 Å². The fraction of sp³-hybridized carbons (Fsp3) is 0.160. The first-order valence-corrected chi connectivity index (χ1v) is 10.4. The van der Waals surface area contributed by atoms with Gasteiger partial charge in [-0.2, -0.15) is 0 Å². The number of esters is 1. The number of nitrogens with one attached hydrogen (secondary N) is 2. The molecule has 0 spiro atoms. The lowest BCUT2D eigenvalue weighted by molar-refractivity contribution is -0.149. The van der Waals surface area contributed by atoms with Crippen molar-refractivity contribution in [3.05, 3.63) is 101 Å². The molecule has 2 N–H and O–H groups in total. The second-order valence-corrected chi connectivity index (χ2v) is 7.56. The number of hydrogen-bond donors (Lipinski definition) is 2. The van der Waals surface area contributed by atoms with E-state index in [1.54, 1.807) is 55.5 Å². The highest BCUT2D eigenvalue weighted by Gasteiger charge is 2.24. The average Bonchev–Trinajstić information content (AvgIpc) is 2.81.